The Kier molecular flexibility index (Phi) is 4.88. The molecule has 0 aliphatic heterocycles. The summed E-state index contributed by atoms with van der Waals surface area (Å²) in [4.78, 5) is 13.0. The van der Waals surface area contributed by atoms with E-state index in [9.17, 15) is 13.2 Å². The molecule has 0 saturated carbocycles. The maximum atomic E-state index is 13.1. The minimum atomic E-state index is -4.06. The number of halogens is 1. The normalized spacial score (nSPS) is 11.1. The second-order valence-corrected chi connectivity index (χ2v) is 7.45. The molecule has 0 atom stereocenters. The highest BCUT2D eigenvalue weighted by Gasteiger charge is 2.31. The molecule has 3 aromatic carbocycles. The molecule has 0 aliphatic carbocycles. The lowest BCUT2D eigenvalue weighted by molar-refractivity contribution is 0.101. The molecule has 25 heavy (non-hydrogen) atoms. The van der Waals surface area contributed by atoms with Crippen LogP contribution in [0.2, 0.25) is 5.02 Å². The first-order valence-corrected chi connectivity index (χ1v) is 9.27. The number of amides is 1. The molecule has 0 unspecified atom stereocenters. The molecule has 0 heterocycles. The predicted molar refractivity (Wildman–Crippen MR) is 98.3 cm³/mol. The van der Waals surface area contributed by atoms with E-state index >= 15 is 0 Å². The fourth-order valence-corrected chi connectivity index (χ4v) is 3.90. The van der Waals surface area contributed by atoms with Crippen LogP contribution in [0.25, 0.3) is 0 Å². The minimum Gasteiger partial charge on any atom is -0.268 e. The summed E-state index contributed by atoms with van der Waals surface area (Å²) in [6.07, 6.45) is 0. The molecule has 0 N–H and O–H groups in total. The first kappa shape index (κ1) is 17.2. The molecule has 0 aromatic heterocycles. The lowest BCUT2D eigenvalue weighted by Crippen LogP contribution is -2.37. The molecule has 1 amide bonds. The zero-order valence-electron chi connectivity index (χ0n) is 13.0. The van der Waals surface area contributed by atoms with E-state index in [1.807, 2.05) is 0 Å². The molecule has 6 heteroatoms. The Morgan fingerprint density at radius 1 is 0.760 bits per heavy atom. The summed E-state index contributed by atoms with van der Waals surface area (Å²) in [5.41, 5.74) is 0.499. The molecule has 0 spiro atoms. The van der Waals surface area contributed by atoms with Gasteiger partial charge in [-0.2, -0.15) is 4.31 Å². The van der Waals surface area contributed by atoms with Gasteiger partial charge in [-0.15, -0.1) is 0 Å². The summed E-state index contributed by atoms with van der Waals surface area (Å²) < 4.78 is 27.0. The maximum Gasteiger partial charge on any atom is 0.272 e. The van der Waals surface area contributed by atoms with Crippen molar-refractivity contribution < 1.29 is 13.2 Å². The fourth-order valence-electron chi connectivity index (χ4n) is 2.34. The van der Waals surface area contributed by atoms with Crippen molar-refractivity contribution >= 4 is 33.2 Å². The Morgan fingerprint density at radius 3 is 1.84 bits per heavy atom. The van der Waals surface area contributed by atoms with Crippen LogP contribution in [0.15, 0.2) is 89.8 Å². The largest absolute Gasteiger partial charge is 0.272 e. The first-order valence-electron chi connectivity index (χ1n) is 7.45. The van der Waals surface area contributed by atoms with Gasteiger partial charge in [-0.1, -0.05) is 48.0 Å². The molecule has 0 fully saturated rings. The Balaban J connectivity index is 2.14. The second kappa shape index (κ2) is 7.09. The van der Waals surface area contributed by atoms with Crippen LogP contribution in [0, 0.1) is 0 Å². The topological polar surface area (TPSA) is 54.5 Å². The zero-order valence-corrected chi connectivity index (χ0v) is 14.6. The molecule has 3 aromatic rings. The lowest BCUT2D eigenvalue weighted by Gasteiger charge is -2.22. The molecular formula is C19H14ClNO3S. The molecule has 0 bridgehead atoms. The van der Waals surface area contributed by atoms with Crippen LogP contribution in [0.5, 0.6) is 0 Å². The Labute approximate surface area is 151 Å². The van der Waals surface area contributed by atoms with Crippen molar-refractivity contribution in [3.63, 3.8) is 0 Å². The van der Waals surface area contributed by atoms with E-state index in [-0.39, 0.29) is 16.1 Å². The van der Waals surface area contributed by atoms with Gasteiger partial charge >= 0.3 is 0 Å². The summed E-state index contributed by atoms with van der Waals surface area (Å²) >= 11 is 5.86. The van der Waals surface area contributed by atoms with Gasteiger partial charge in [0.15, 0.2) is 0 Å². The smallest absolute Gasteiger partial charge is 0.268 e. The number of para-hydroxylation sites is 1. The number of benzene rings is 3. The number of hydrogen-bond acceptors (Lipinski definition) is 3. The van der Waals surface area contributed by atoms with Crippen molar-refractivity contribution in [2.24, 2.45) is 0 Å². The van der Waals surface area contributed by atoms with Gasteiger partial charge in [-0.05, 0) is 48.5 Å². The van der Waals surface area contributed by atoms with Gasteiger partial charge in [0.05, 0.1) is 10.6 Å². The van der Waals surface area contributed by atoms with E-state index < -0.39 is 15.9 Å². The highest BCUT2D eigenvalue weighted by Crippen LogP contribution is 2.26. The van der Waals surface area contributed by atoms with Crippen molar-refractivity contribution in [2.75, 3.05) is 4.31 Å². The van der Waals surface area contributed by atoms with E-state index in [1.54, 1.807) is 60.7 Å². The minimum absolute atomic E-state index is 0.0427. The van der Waals surface area contributed by atoms with Crippen molar-refractivity contribution in [1.82, 2.24) is 0 Å². The number of anilines is 1. The third kappa shape index (κ3) is 3.57. The van der Waals surface area contributed by atoms with Gasteiger partial charge in [0.25, 0.3) is 15.9 Å². The van der Waals surface area contributed by atoms with Gasteiger partial charge < -0.3 is 0 Å². The average molecular weight is 372 g/mol. The number of hydrogen-bond donors (Lipinski definition) is 0. The molecule has 0 aliphatic rings. The van der Waals surface area contributed by atoms with Crippen LogP contribution >= 0.6 is 11.6 Å². The van der Waals surface area contributed by atoms with E-state index in [1.165, 1.54) is 24.3 Å². The summed E-state index contributed by atoms with van der Waals surface area (Å²) in [6, 6.07) is 22.2. The van der Waals surface area contributed by atoms with Crippen molar-refractivity contribution in [3.8, 4) is 0 Å². The monoisotopic (exact) mass is 371 g/mol. The molecular weight excluding hydrogens is 358 g/mol. The van der Waals surface area contributed by atoms with Crippen LogP contribution in [-0.4, -0.2) is 14.3 Å². The zero-order chi connectivity index (χ0) is 17.9. The Hall–Kier alpha value is -2.63. The van der Waals surface area contributed by atoms with Crippen molar-refractivity contribution in [3.05, 3.63) is 95.5 Å². The van der Waals surface area contributed by atoms with Crippen LogP contribution in [0.4, 0.5) is 5.69 Å². The van der Waals surface area contributed by atoms with Crippen LogP contribution in [-0.2, 0) is 10.0 Å². The maximum absolute atomic E-state index is 13.1. The second-order valence-electron chi connectivity index (χ2n) is 5.23. The number of nitrogens with zero attached hydrogens (tertiary/aromatic N) is 1. The van der Waals surface area contributed by atoms with Crippen molar-refractivity contribution in [2.45, 2.75) is 4.90 Å². The fraction of sp³-hybridized carbons (Fsp3) is 0. The lowest BCUT2D eigenvalue weighted by atomic mass is 10.2. The quantitative estimate of drug-likeness (QED) is 0.684. The molecule has 3 rings (SSSR count). The number of carbonyl (C=O) groups excluding carboxylic acids is 1. The van der Waals surface area contributed by atoms with Gasteiger partial charge in [-0.25, -0.2) is 8.42 Å². The summed E-state index contributed by atoms with van der Waals surface area (Å²) in [5.74, 6) is -0.647. The highest BCUT2D eigenvalue weighted by molar-refractivity contribution is 7.93. The number of carbonyl (C=O) groups is 1. The van der Waals surface area contributed by atoms with E-state index in [0.717, 1.165) is 4.31 Å². The summed E-state index contributed by atoms with van der Waals surface area (Å²) in [6.45, 7) is 0. The third-order valence-electron chi connectivity index (χ3n) is 3.55. The third-order valence-corrected chi connectivity index (χ3v) is 5.52. The molecule has 0 saturated heterocycles. The predicted octanol–water partition coefficient (Wildman–Crippen LogP) is 4.38. The molecule has 0 radical (unpaired) electrons. The molecule has 126 valence electrons. The van der Waals surface area contributed by atoms with E-state index in [4.69, 9.17) is 11.6 Å². The van der Waals surface area contributed by atoms with Crippen LogP contribution in [0.3, 0.4) is 0 Å². The number of rotatable bonds is 4. The first-order chi connectivity index (χ1) is 12.0. The van der Waals surface area contributed by atoms with Crippen LogP contribution < -0.4 is 4.31 Å². The Bertz CT molecular complexity index is 972. The standard InChI is InChI=1S/C19H14ClNO3S/c20-16-13-11-15(12-14-16)19(22)21(17-7-3-1-4-8-17)25(23,24)18-9-5-2-6-10-18/h1-14H. The summed E-state index contributed by atoms with van der Waals surface area (Å²) in [7, 11) is -4.06. The van der Waals surface area contributed by atoms with Gasteiger partial charge in [0, 0.05) is 10.6 Å². The average Bonchev–Trinajstić information content (AvgIpc) is 2.64. The highest BCUT2D eigenvalue weighted by atomic mass is 35.5. The van der Waals surface area contributed by atoms with Gasteiger partial charge in [-0.3, -0.25) is 4.79 Å². The van der Waals surface area contributed by atoms with E-state index in [0.29, 0.717) is 5.02 Å². The Morgan fingerprint density at radius 2 is 1.28 bits per heavy atom. The van der Waals surface area contributed by atoms with Gasteiger partial charge in [0.2, 0.25) is 0 Å². The van der Waals surface area contributed by atoms with Crippen molar-refractivity contribution in [1.29, 1.82) is 0 Å². The van der Waals surface area contributed by atoms with Gasteiger partial charge in [0.1, 0.15) is 0 Å². The SMILES string of the molecule is O=C(c1ccc(Cl)cc1)N(c1ccccc1)S(=O)(=O)c1ccccc1. The van der Waals surface area contributed by atoms with E-state index in [2.05, 4.69) is 0 Å². The molecule has 4 nitrogen and oxygen atoms in total. The van der Waals surface area contributed by atoms with Crippen LogP contribution in [0.1, 0.15) is 10.4 Å². The number of sulfonamides is 1. The summed E-state index contributed by atoms with van der Waals surface area (Å²) in [5, 5.41) is 0.466.